The lowest BCUT2D eigenvalue weighted by Crippen LogP contribution is -2.08. The van der Waals surface area contributed by atoms with Crippen molar-refractivity contribution in [2.45, 2.75) is 6.92 Å². The molecule has 0 N–H and O–H groups in total. The van der Waals surface area contributed by atoms with Gasteiger partial charge in [0.05, 0.1) is 5.56 Å². The summed E-state index contributed by atoms with van der Waals surface area (Å²) in [5.74, 6) is 0.196. The summed E-state index contributed by atoms with van der Waals surface area (Å²) in [6, 6.07) is 22.9. The molecule has 0 aromatic heterocycles. The molecule has 3 aromatic rings. The Labute approximate surface area is 142 Å². The van der Waals surface area contributed by atoms with Crippen molar-refractivity contribution in [3.05, 3.63) is 96.1 Å². The molecule has 0 radical (unpaired) electrons. The van der Waals surface area contributed by atoms with E-state index < -0.39 is 0 Å². The van der Waals surface area contributed by atoms with Crippen molar-refractivity contribution in [3.8, 4) is 16.9 Å². The van der Waals surface area contributed by atoms with Crippen molar-refractivity contribution in [1.29, 1.82) is 0 Å². The Morgan fingerprint density at radius 3 is 1.92 bits per heavy atom. The number of hydrogen-bond acceptors (Lipinski definition) is 2. The number of aryl methyl sites for hydroxylation is 1. The molecule has 0 bridgehead atoms. The molecule has 0 fully saturated rings. The normalized spacial score (nSPS) is 10.2. The largest absolute Gasteiger partial charge is 0.423 e. The van der Waals surface area contributed by atoms with Gasteiger partial charge in [-0.2, -0.15) is 0 Å². The fourth-order valence-corrected chi connectivity index (χ4v) is 2.38. The van der Waals surface area contributed by atoms with Gasteiger partial charge < -0.3 is 4.74 Å². The molecule has 24 heavy (non-hydrogen) atoms. The summed E-state index contributed by atoms with van der Waals surface area (Å²) in [5.41, 5.74) is 4.89. The summed E-state index contributed by atoms with van der Waals surface area (Å²) in [6.45, 7) is 5.74. The molecule has 2 nitrogen and oxygen atoms in total. The zero-order valence-corrected chi connectivity index (χ0v) is 13.5. The van der Waals surface area contributed by atoms with Gasteiger partial charge in [0.25, 0.3) is 0 Å². The first-order chi connectivity index (χ1) is 11.7. The fraction of sp³-hybridized carbons (Fsp3) is 0.0455. The molecule has 118 valence electrons. The minimum absolute atomic E-state index is 0.354. The van der Waals surface area contributed by atoms with E-state index in [0.29, 0.717) is 11.3 Å². The second kappa shape index (κ2) is 6.97. The number of esters is 1. The molecule has 2 heteroatoms. The van der Waals surface area contributed by atoms with Gasteiger partial charge in [0.1, 0.15) is 5.75 Å². The molecule has 0 aliphatic carbocycles. The zero-order valence-electron chi connectivity index (χ0n) is 13.5. The van der Waals surface area contributed by atoms with Gasteiger partial charge in [0.2, 0.25) is 0 Å². The Morgan fingerprint density at radius 2 is 1.38 bits per heavy atom. The highest BCUT2D eigenvalue weighted by Crippen LogP contribution is 2.21. The van der Waals surface area contributed by atoms with E-state index in [4.69, 9.17) is 4.74 Å². The third kappa shape index (κ3) is 3.61. The van der Waals surface area contributed by atoms with E-state index in [2.05, 4.69) is 6.58 Å². The highest BCUT2D eigenvalue weighted by Gasteiger charge is 2.09. The molecule has 0 atom stereocenters. The van der Waals surface area contributed by atoms with Crippen LogP contribution in [0.25, 0.3) is 17.2 Å². The molecule has 3 aromatic carbocycles. The van der Waals surface area contributed by atoms with Gasteiger partial charge in [-0.1, -0.05) is 66.7 Å². The van der Waals surface area contributed by atoms with Gasteiger partial charge >= 0.3 is 5.97 Å². The van der Waals surface area contributed by atoms with Gasteiger partial charge in [-0.25, -0.2) is 4.79 Å². The van der Waals surface area contributed by atoms with Crippen LogP contribution in [0.5, 0.6) is 5.75 Å². The highest BCUT2D eigenvalue weighted by atomic mass is 16.5. The van der Waals surface area contributed by atoms with Gasteiger partial charge in [-0.05, 0) is 47.9 Å². The molecule has 0 saturated carbocycles. The monoisotopic (exact) mass is 314 g/mol. The minimum atomic E-state index is -0.354. The number of rotatable bonds is 4. The van der Waals surface area contributed by atoms with Crippen LogP contribution in [0.15, 0.2) is 79.4 Å². The molecule has 0 heterocycles. The van der Waals surface area contributed by atoms with Gasteiger partial charge in [-0.15, -0.1) is 0 Å². The molecule has 0 unspecified atom stereocenters. The predicted octanol–water partition coefficient (Wildman–Crippen LogP) is 5.52. The maximum absolute atomic E-state index is 12.2. The molecular formula is C22H18O2. The standard InChI is InChI=1S/C22H18O2/c1-3-17-6-8-18(9-7-17)19-10-12-20(13-11-19)22(23)24-21-14-4-16(2)5-15-21/h3-15H,1H2,2H3. The third-order valence-electron chi connectivity index (χ3n) is 3.83. The van der Waals surface area contributed by atoms with Crippen molar-refractivity contribution in [2.24, 2.45) is 0 Å². The lowest BCUT2D eigenvalue weighted by atomic mass is 10.0. The van der Waals surface area contributed by atoms with Gasteiger partial charge in [-0.3, -0.25) is 0 Å². The minimum Gasteiger partial charge on any atom is -0.423 e. The summed E-state index contributed by atoms with van der Waals surface area (Å²) in [7, 11) is 0. The van der Waals surface area contributed by atoms with Crippen LogP contribution < -0.4 is 4.74 Å². The Kier molecular flexibility index (Phi) is 4.57. The summed E-state index contributed by atoms with van der Waals surface area (Å²) in [5, 5.41) is 0. The number of carbonyl (C=O) groups excluding carboxylic acids is 1. The first-order valence-electron chi connectivity index (χ1n) is 7.77. The van der Waals surface area contributed by atoms with Crippen LogP contribution in [0, 0.1) is 6.92 Å². The number of ether oxygens (including phenoxy) is 1. The van der Waals surface area contributed by atoms with Crippen LogP contribution >= 0.6 is 0 Å². The van der Waals surface area contributed by atoms with Gasteiger partial charge in [0, 0.05) is 0 Å². The number of hydrogen-bond donors (Lipinski definition) is 0. The van der Waals surface area contributed by atoms with Crippen molar-refractivity contribution in [1.82, 2.24) is 0 Å². The van der Waals surface area contributed by atoms with E-state index in [1.807, 2.05) is 61.5 Å². The number of benzene rings is 3. The van der Waals surface area contributed by atoms with Crippen LogP contribution in [-0.4, -0.2) is 5.97 Å². The molecule has 0 aliphatic rings. The fourth-order valence-electron chi connectivity index (χ4n) is 2.38. The molecule has 0 amide bonds. The maximum Gasteiger partial charge on any atom is 0.343 e. The SMILES string of the molecule is C=Cc1ccc(-c2ccc(C(=O)Oc3ccc(C)cc3)cc2)cc1. The van der Waals surface area contributed by atoms with Crippen molar-refractivity contribution < 1.29 is 9.53 Å². The van der Waals surface area contributed by atoms with Crippen LogP contribution in [-0.2, 0) is 0 Å². The van der Waals surface area contributed by atoms with Crippen molar-refractivity contribution in [3.63, 3.8) is 0 Å². The van der Waals surface area contributed by atoms with Gasteiger partial charge in [0.15, 0.2) is 0 Å². The van der Waals surface area contributed by atoms with Crippen LogP contribution in [0.1, 0.15) is 21.5 Å². The lowest BCUT2D eigenvalue weighted by Gasteiger charge is -2.06. The Morgan fingerprint density at radius 1 is 0.833 bits per heavy atom. The molecule has 0 saturated heterocycles. The second-order valence-corrected chi connectivity index (χ2v) is 5.61. The third-order valence-corrected chi connectivity index (χ3v) is 3.83. The molecule has 0 aliphatic heterocycles. The Hall–Kier alpha value is -3.13. The second-order valence-electron chi connectivity index (χ2n) is 5.61. The van der Waals surface area contributed by atoms with E-state index in [9.17, 15) is 4.79 Å². The van der Waals surface area contributed by atoms with E-state index in [1.54, 1.807) is 24.3 Å². The predicted molar refractivity (Wildman–Crippen MR) is 98.1 cm³/mol. The molecule has 3 rings (SSSR count). The molecule has 0 spiro atoms. The maximum atomic E-state index is 12.2. The summed E-state index contributed by atoms with van der Waals surface area (Å²) >= 11 is 0. The first-order valence-corrected chi connectivity index (χ1v) is 7.77. The van der Waals surface area contributed by atoms with Crippen LogP contribution in [0.3, 0.4) is 0 Å². The summed E-state index contributed by atoms with van der Waals surface area (Å²) in [6.07, 6.45) is 1.81. The summed E-state index contributed by atoms with van der Waals surface area (Å²) < 4.78 is 5.38. The van der Waals surface area contributed by atoms with E-state index in [1.165, 1.54) is 0 Å². The highest BCUT2D eigenvalue weighted by molar-refractivity contribution is 5.91. The van der Waals surface area contributed by atoms with E-state index >= 15 is 0 Å². The average Bonchev–Trinajstić information content (AvgIpc) is 2.64. The lowest BCUT2D eigenvalue weighted by molar-refractivity contribution is 0.0735. The van der Waals surface area contributed by atoms with E-state index in [0.717, 1.165) is 22.3 Å². The Bertz CT molecular complexity index is 842. The first kappa shape index (κ1) is 15.8. The van der Waals surface area contributed by atoms with Crippen molar-refractivity contribution >= 4 is 12.0 Å². The number of carbonyl (C=O) groups is 1. The van der Waals surface area contributed by atoms with Crippen LogP contribution in [0.2, 0.25) is 0 Å². The average molecular weight is 314 g/mol. The van der Waals surface area contributed by atoms with E-state index in [-0.39, 0.29) is 5.97 Å². The topological polar surface area (TPSA) is 26.3 Å². The smallest absolute Gasteiger partial charge is 0.343 e. The summed E-state index contributed by atoms with van der Waals surface area (Å²) in [4.78, 5) is 12.2. The Balaban J connectivity index is 1.74. The molecular weight excluding hydrogens is 296 g/mol. The van der Waals surface area contributed by atoms with Crippen LogP contribution in [0.4, 0.5) is 0 Å². The zero-order chi connectivity index (χ0) is 16.9. The quantitative estimate of drug-likeness (QED) is 0.468. The van der Waals surface area contributed by atoms with Crippen molar-refractivity contribution in [2.75, 3.05) is 0 Å².